The third-order valence-electron chi connectivity index (χ3n) is 2.73. The molecule has 0 bridgehead atoms. The molecule has 92 valence electrons. The molecule has 1 N–H and O–H groups in total. The molecular weight excluding hydrogens is 234 g/mol. The monoisotopic (exact) mass is 245 g/mol. The number of aromatic nitrogens is 1. The van der Waals surface area contributed by atoms with Crippen molar-refractivity contribution < 1.29 is 14.7 Å². The van der Waals surface area contributed by atoms with Gasteiger partial charge in [0.1, 0.15) is 11.3 Å². The molecule has 0 aliphatic rings. The first-order chi connectivity index (χ1) is 8.45. The number of nitrogens with zero attached hydrogens (tertiary/aromatic N) is 1. The maximum Gasteiger partial charge on any atom is 0.269 e. The molecule has 0 amide bonds. The number of fused-ring (bicyclic) bond motifs is 1. The second-order valence-corrected chi connectivity index (χ2v) is 3.97. The molecule has 0 aliphatic heterocycles. The van der Waals surface area contributed by atoms with Crippen LogP contribution in [0.2, 0.25) is 0 Å². The van der Waals surface area contributed by atoms with Crippen LogP contribution in [-0.2, 0) is 0 Å². The fourth-order valence-corrected chi connectivity index (χ4v) is 1.96. The van der Waals surface area contributed by atoms with Crippen molar-refractivity contribution in [2.24, 2.45) is 0 Å². The molecule has 2 heterocycles. The number of aromatic hydroxyl groups is 1. The Labute approximate surface area is 102 Å². The smallest absolute Gasteiger partial charge is 0.269 e. The quantitative estimate of drug-likeness (QED) is 0.811. The van der Waals surface area contributed by atoms with Crippen LogP contribution in [0.4, 0.5) is 0 Å². The Morgan fingerprint density at radius 2 is 1.72 bits per heavy atom. The first-order valence-electron chi connectivity index (χ1n) is 5.33. The van der Waals surface area contributed by atoms with Crippen LogP contribution in [0.15, 0.2) is 29.2 Å². The Morgan fingerprint density at radius 3 is 2.28 bits per heavy atom. The number of carbonyl (C=O) groups excluding carboxylic acids is 2. The van der Waals surface area contributed by atoms with Gasteiger partial charge in [-0.25, -0.2) is 0 Å². The van der Waals surface area contributed by atoms with Crippen molar-refractivity contribution >= 4 is 17.1 Å². The van der Waals surface area contributed by atoms with Gasteiger partial charge in [0.2, 0.25) is 0 Å². The maximum absolute atomic E-state index is 12.0. The van der Waals surface area contributed by atoms with Crippen LogP contribution in [-0.4, -0.2) is 21.1 Å². The molecule has 2 aromatic heterocycles. The normalized spacial score (nSPS) is 10.6. The molecule has 0 radical (unpaired) electrons. The van der Waals surface area contributed by atoms with E-state index >= 15 is 0 Å². The van der Waals surface area contributed by atoms with Gasteiger partial charge in [0.05, 0.1) is 11.1 Å². The first kappa shape index (κ1) is 12.0. The van der Waals surface area contributed by atoms with Gasteiger partial charge >= 0.3 is 0 Å². The lowest BCUT2D eigenvalue weighted by molar-refractivity contribution is 0.101. The van der Waals surface area contributed by atoms with Gasteiger partial charge in [-0.15, -0.1) is 0 Å². The lowest BCUT2D eigenvalue weighted by Gasteiger charge is -2.10. The van der Waals surface area contributed by atoms with Crippen LogP contribution in [0.3, 0.4) is 0 Å². The summed E-state index contributed by atoms with van der Waals surface area (Å²) in [6.45, 7) is 2.45. The number of Topliss-reactive ketones (excluding diaryl/α,β-unsaturated/α-hetero) is 2. The molecule has 5 nitrogen and oxygen atoms in total. The van der Waals surface area contributed by atoms with Crippen LogP contribution in [0, 0.1) is 0 Å². The molecular formula is C13H11NO4. The van der Waals surface area contributed by atoms with E-state index in [9.17, 15) is 19.5 Å². The van der Waals surface area contributed by atoms with Gasteiger partial charge in [-0.1, -0.05) is 6.07 Å². The van der Waals surface area contributed by atoms with Crippen molar-refractivity contribution in [3.8, 4) is 5.75 Å². The van der Waals surface area contributed by atoms with Gasteiger partial charge in [-0.05, 0) is 26.0 Å². The van der Waals surface area contributed by atoms with Crippen LogP contribution in [0.1, 0.15) is 34.6 Å². The van der Waals surface area contributed by atoms with Crippen molar-refractivity contribution in [3.05, 3.63) is 45.9 Å². The van der Waals surface area contributed by atoms with E-state index in [1.807, 2.05) is 0 Å². The minimum Gasteiger partial charge on any atom is -0.506 e. The van der Waals surface area contributed by atoms with E-state index in [-0.39, 0.29) is 16.6 Å². The predicted octanol–water partition coefficient (Wildman–Crippen LogP) is 1.41. The third kappa shape index (κ3) is 1.60. The lowest BCUT2D eigenvalue weighted by atomic mass is 10.0. The van der Waals surface area contributed by atoms with E-state index in [4.69, 9.17) is 0 Å². The highest BCUT2D eigenvalue weighted by molar-refractivity contribution is 6.07. The molecule has 0 aromatic carbocycles. The highest BCUT2D eigenvalue weighted by Gasteiger charge is 2.22. The minimum atomic E-state index is -0.624. The number of carbonyl (C=O) groups is 2. The van der Waals surface area contributed by atoms with Gasteiger partial charge in [0.25, 0.3) is 5.56 Å². The van der Waals surface area contributed by atoms with E-state index in [1.54, 1.807) is 18.2 Å². The summed E-state index contributed by atoms with van der Waals surface area (Å²) in [4.78, 5) is 35.0. The summed E-state index contributed by atoms with van der Waals surface area (Å²) in [6, 6.07) is 4.80. The number of hydrogen-bond donors (Lipinski definition) is 1. The molecule has 5 heteroatoms. The standard InChI is InChI=1S/C13H11NO4/c1-7(15)10-9-5-3-4-6-14(9)13(18)11(8(2)16)12(10)17/h3-6,17H,1-2H3. The summed E-state index contributed by atoms with van der Waals surface area (Å²) in [6.07, 6.45) is 1.45. The average molecular weight is 245 g/mol. The summed E-state index contributed by atoms with van der Waals surface area (Å²) in [5, 5.41) is 9.95. The average Bonchev–Trinajstić information content (AvgIpc) is 2.28. The topological polar surface area (TPSA) is 75.8 Å². The summed E-state index contributed by atoms with van der Waals surface area (Å²) >= 11 is 0. The fourth-order valence-electron chi connectivity index (χ4n) is 1.96. The Bertz CT molecular complexity index is 728. The molecule has 0 spiro atoms. The van der Waals surface area contributed by atoms with Gasteiger partial charge < -0.3 is 5.11 Å². The molecule has 0 unspecified atom stereocenters. The van der Waals surface area contributed by atoms with Gasteiger partial charge in [0.15, 0.2) is 11.6 Å². The van der Waals surface area contributed by atoms with Crippen LogP contribution in [0.25, 0.3) is 5.52 Å². The predicted molar refractivity (Wildman–Crippen MR) is 65.3 cm³/mol. The van der Waals surface area contributed by atoms with E-state index < -0.39 is 22.9 Å². The Balaban J connectivity index is 3.12. The summed E-state index contributed by atoms with van der Waals surface area (Å²) in [5.74, 6) is -1.51. The molecule has 0 saturated heterocycles. The van der Waals surface area contributed by atoms with Gasteiger partial charge in [0, 0.05) is 6.20 Å². The van der Waals surface area contributed by atoms with E-state index in [0.717, 1.165) is 0 Å². The van der Waals surface area contributed by atoms with Gasteiger partial charge in [-0.3, -0.25) is 18.8 Å². The van der Waals surface area contributed by atoms with Crippen LogP contribution in [0.5, 0.6) is 5.75 Å². The zero-order valence-electron chi connectivity index (χ0n) is 9.93. The van der Waals surface area contributed by atoms with Crippen molar-refractivity contribution in [2.45, 2.75) is 13.8 Å². The Hall–Kier alpha value is -2.43. The maximum atomic E-state index is 12.0. The third-order valence-corrected chi connectivity index (χ3v) is 2.73. The van der Waals surface area contributed by atoms with E-state index in [2.05, 4.69) is 0 Å². The van der Waals surface area contributed by atoms with Gasteiger partial charge in [-0.2, -0.15) is 0 Å². The molecule has 18 heavy (non-hydrogen) atoms. The molecule has 0 atom stereocenters. The minimum absolute atomic E-state index is 0.0135. The molecule has 0 fully saturated rings. The number of pyridine rings is 2. The molecule has 2 aromatic rings. The van der Waals surface area contributed by atoms with Crippen molar-refractivity contribution in [1.82, 2.24) is 4.40 Å². The van der Waals surface area contributed by atoms with E-state index in [1.165, 1.54) is 24.4 Å². The van der Waals surface area contributed by atoms with Crippen LogP contribution >= 0.6 is 0 Å². The van der Waals surface area contributed by atoms with Crippen molar-refractivity contribution in [2.75, 3.05) is 0 Å². The second kappa shape index (κ2) is 4.10. The summed E-state index contributed by atoms with van der Waals surface area (Å²) in [7, 11) is 0. The number of rotatable bonds is 2. The highest BCUT2D eigenvalue weighted by Crippen LogP contribution is 2.24. The highest BCUT2D eigenvalue weighted by atomic mass is 16.3. The Kier molecular flexibility index (Phi) is 2.74. The number of ketones is 2. The summed E-state index contributed by atoms with van der Waals surface area (Å²) < 4.78 is 1.19. The molecule has 2 rings (SSSR count). The Morgan fingerprint density at radius 1 is 1.11 bits per heavy atom. The second-order valence-electron chi connectivity index (χ2n) is 3.97. The van der Waals surface area contributed by atoms with Crippen molar-refractivity contribution in [3.63, 3.8) is 0 Å². The molecule has 0 saturated carbocycles. The lowest BCUT2D eigenvalue weighted by Crippen LogP contribution is -2.23. The van der Waals surface area contributed by atoms with E-state index in [0.29, 0.717) is 0 Å². The first-order valence-corrected chi connectivity index (χ1v) is 5.33. The number of hydrogen-bond acceptors (Lipinski definition) is 4. The summed E-state index contributed by atoms with van der Waals surface area (Å²) in [5.41, 5.74) is -0.706. The zero-order chi connectivity index (χ0) is 13.4. The van der Waals surface area contributed by atoms with Crippen LogP contribution < -0.4 is 5.56 Å². The van der Waals surface area contributed by atoms with Crippen molar-refractivity contribution in [1.29, 1.82) is 0 Å². The fraction of sp³-hybridized carbons (Fsp3) is 0.154. The largest absolute Gasteiger partial charge is 0.506 e. The molecule has 0 aliphatic carbocycles. The zero-order valence-corrected chi connectivity index (χ0v) is 9.93. The SMILES string of the molecule is CC(=O)c1c(O)c(C(C)=O)c2ccccn2c1=O.